The highest BCUT2D eigenvalue weighted by molar-refractivity contribution is 5.57. The van der Waals surface area contributed by atoms with E-state index in [0.717, 1.165) is 41.6 Å². The van der Waals surface area contributed by atoms with Crippen molar-refractivity contribution in [1.29, 1.82) is 0 Å². The van der Waals surface area contributed by atoms with Gasteiger partial charge in [-0.3, -0.25) is 4.98 Å². The average molecular weight is 350 g/mol. The molecule has 4 heterocycles. The van der Waals surface area contributed by atoms with Crippen molar-refractivity contribution >= 4 is 5.82 Å². The fourth-order valence-corrected chi connectivity index (χ4v) is 3.21. The number of morpholine rings is 1. The van der Waals surface area contributed by atoms with E-state index in [1.165, 1.54) is 0 Å². The minimum absolute atomic E-state index is 0.0173. The Morgan fingerprint density at radius 2 is 2.00 bits per heavy atom. The first-order valence-corrected chi connectivity index (χ1v) is 8.93. The van der Waals surface area contributed by atoms with Crippen LogP contribution in [0.2, 0.25) is 0 Å². The van der Waals surface area contributed by atoms with Crippen molar-refractivity contribution < 1.29 is 9.15 Å². The molecule has 0 aliphatic carbocycles. The molecule has 1 aliphatic rings. The lowest BCUT2D eigenvalue weighted by molar-refractivity contribution is 0.0869. The molecule has 1 fully saturated rings. The molecule has 0 N–H and O–H groups in total. The van der Waals surface area contributed by atoms with Crippen molar-refractivity contribution in [3.63, 3.8) is 0 Å². The first-order valence-electron chi connectivity index (χ1n) is 8.93. The SMILES string of the molecule is CCc1ccc(C2COCCN2c2cc(C)nc(-c3ccncc3)n2)o1. The van der Waals surface area contributed by atoms with Crippen LogP contribution in [0.25, 0.3) is 11.4 Å². The van der Waals surface area contributed by atoms with Crippen LogP contribution >= 0.6 is 0 Å². The lowest BCUT2D eigenvalue weighted by Crippen LogP contribution is -2.40. The lowest BCUT2D eigenvalue weighted by atomic mass is 10.1. The Morgan fingerprint density at radius 3 is 2.77 bits per heavy atom. The molecule has 6 heteroatoms. The van der Waals surface area contributed by atoms with Crippen LogP contribution in [0, 0.1) is 6.92 Å². The number of furan rings is 1. The second-order valence-electron chi connectivity index (χ2n) is 6.37. The number of aromatic nitrogens is 3. The molecule has 0 bridgehead atoms. The first kappa shape index (κ1) is 16.7. The van der Waals surface area contributed by atoms with Crippen molar-refractivity contribution in [1.82, 2.24) is 15.0 Å². The fourth-order valence-electron chi connectivity index (χ4n) is 3.21. The third-order valence-corrected chi connectivity index (χ3v) is 4.56. The van der Waals surface area contributed by atoms with Gasteiger partial charge >= 0.3 is 0 Å². The summed E-state index contributed by atoms with van der Waals surface area (Å²) in [4.78, 5) is 15.7. The van der Waals surface area contributed by atoms with Gasteiger partial charge in [-0.05, 0) is 31.2 Å². The molecule has 0 amide bonds. The van der Waals surface area contributed by atoms with Gasteiger partial charge < -0.3 is 14.1 Å². The lowest BCUT2D eigenvalue weighted by Gasteiger charge is -2.35. The highest BCUT2D eigenvalue weighted by Gasteiger charge is 2.29. The van der Waals surface area contributed by atoms with E-state index in [4.69, 9.17) is 14.1 Å². The smallest absolute Gasteiger partial charge is 0.161 e. The quantitative estimate of drug-likeness (QED) is 0.717. The molecule has 6 nitrogen and oxygen atoms in total. The number of hydrogen-bond donors (Lipinski definition) is 0. The second kappa shape index (κ2) is 7.25. The van der Waals surface area contributed by atoms with Crippen LogP contribution in [0.3, 0.4) is 0 Å². The summed E-state index contributed by atoms with van der Waals surface area (Å²) in [6.07, 6.45) is 4.40. The van der Waals surface area contributed by atoms with E-state index in [9.17, 15) is 0 Å². The summed E-state index contributed by atoms with van der Waals surface area (Å²) in [5.41, 5.74) is 1.89. The fraction of sp³-hybridized carbons (Fsp3) is 0.350. The summed E-state index contributed by atoms with van der Waals surface area (Å²) in [7, 11) is 0. The Labute approximate surface area is 152 Å². The van der Waals surface area contributed by atoms with E-state index in [1.54, 1.807) is 12.4 Å². The number of hydrogen-bond acceptors (Lipinski definition) is 6. The summed E-state index contributed by atoms with van der Waals surface area (Å²) in [6, 6.07) is 9.97. The third kappa shape index (κ3) is 3.32. The molecule has 0 aromatic carbocycles. The van der Waals surface area contributed by atoms with Crippen LogP contribution in [0.4, 0.5) is 5.82 Å². The third-order valence-electron chi connectivity index (χ3n) is 4.56. The van der Waals surface area contributed by atoms with Gasteiger partial charge in [-0.2, -0.15) is 0 Å². The van der Waals surface area contributed by atoms with E-state index >= 15 is 0 Å². The molecule has 0 radical (unpaired) electrons. The zero-order chi connectivity index (χ0) is 17.9. The Hall–Kier alpha value is -2.73. The van der Waals surface area contributed by atoms with E-state index < -0.39 is 0 Å². The maximum absolute atomic E-state index is 6.00. The molecule has 1 atom stereocenters. The van der Waals surface area contributed by atoms with Gasteiger partial charge in [-0.15, -0.1) is 0 Å². The monoisotopic (exact) mass is 350 g/mol. The Bertz CT molecular complexity index is 879. The van der Waals surface area contributed by atoms with Crippen LogP contribution < -0.4 is 4.90 Å². The first-order chi connectivity index (χ1) is 12.7. The summed E-state index contributed by atoms with van der Waals surface area (Å²) in [6.45, 7) is 6.11. The van der Waals surface area contributed by atoms with Crippen molar-refractivity contribution in [2.45, 2.75) is 26.3 Å². The van der Waals surface area contributed by atoms with Crippen molar-refractivity contribution in [3.05, 3.63) is 59.9 Å². The van der Waals surface area contributed by atoms with Gasteiger partial charge in [0.15, 0.2) is 5.82 Å². The molecule has 1 saturated heterocycles. The highest BCUT2D eigenvalue weighted by atomic mass is 16.5. The Balaban J connectivity index is 1.71. The van der Waals surface area contributed by atoms with Gasteiger partial charge in [0.2, 0.25) is 0 Å². The van der Waals surface area contributed by atoms with Gasteiger partial charge in [0.1, 0.15) is 23.4 Å². The minimum Gasteiger partial charge on any atom is -0.464 e. The summed E-state index contributed by atoms with van der Waals surface area (Å²) in [5.74, 6) is 3.51. The number of ether oxygens (including phenoxy) is 1. The Kier molecular flexibility index (Phi) is 4.67. The number of anilines is 1. The zero-order valence-corrected chi connectivity index (χ0v) is 15.1. The standard InChI is InChI=1S/C20H22N4O2/c1-3-16-4-5-18(26-16)17-13-25-11-10-24(17)19-12-14(2)22-20(23-19)15-6-8-21-9-7-15/h4-9,12,17H,3,10-11,13H2,1-2H3. The van der Waals surface area contributed by atoms with Crippen LogP contribution in [0.5, 0.6) is 0 Å². The van der Waals surface area contributed by atoms with Gasteiger partial charge in [-0.1, -0.05) is 6.92 Å². The number of nitrogens with zero attached hydrogens (tertiary/aromatic N) is 4. The van der Waals surface area contributed by atoms with Crippen LogP contribution in [0.15, 0.2) is 47.1 Å². The molecule has 1 aliphatic heterocycles. The maximum atomic E-state index is 6.00. The summed E-state index contributed by atoms with van der Waals surface area (Å²) >= 11 is 0. The Morgan fingerprint density at radius 1 is 1.15 bits per heavy atom. The van der Waals surface area contributed by atoms with Gasteiger partial charge in [0.05, 0.1) is 13.2 Å². The summed E-state index contributed by atoms with van der Waals surface area (Å²) < 4.78 is 11.7. The molecular formula is C20H22N4O2. The van der Waals surface area contributed by atoms with Crippen LogP contribution in [-0.4, -0.2) is 34.7 Å². The zero-order valence-electron chi connectivity index (χ0n) is 15.1. The minimum atomic E-state index is 0.0173. The van der Waals surface area contributed by atoms with Crippen LogP contribution in [-0.2, 0) is 11.2 Å². The predicted octanol–water partition coefficient (Wildman–Crippen LogP) is 3.58. The van der Waals surface area contributed by atoms with Crippen molar-refractivity contribution in [3.8, 4) is 11.4 Å². The second-order valence-corrected chi connectivity index (χ2v) is 6.37. The molecular weight excluding hydrogens is 328 g/mol. The van der Waals surface area contributed by atoms with Gasteiger partial charge in [-0.25, -0.2) is 9.97 Å². The van der Waals surface area contributed by atoms with E-state index in [-0.39, 0.29) is 6.04 Å². The van der Waals surface area contributed by atoms with Crippen LogP contribution in [0.1, 0.15) is 30.2 Å². The normalized spacial score (nSPS) is 17.5. The molecule has 26 heavy (non-hydrogen) atoms. The molecule has 4 rings (SSSR count). The van der Waals surface area contributed by atoms with Crippen molar-refractivity contribution in [2.75, 3.05) is 24.7 Å². The molecule has 134 valence electrons. The number of pyridine rings is 1. The van der Waals surface area contributed by atoms with E-state index in [0.29, 0.717) is 19.0 Å². The molecule has 3 aromatic rings. The number of rotatable bonds is 4. The topological polar surface area (TPSA) is 64.3 Å². The maximum Gasteiger partial charge on any atom is 0.161 e. The van der Waals surface area contributed by atoms with Gasteiger partial charge in [0, 0.05) is 42.7 Å². The summed E-state index contributed by atoms with van der Waals surface area (Å²) in [5, 5.41) is 0. The van der Waals surface area contributed by atoms with E-state index in [1.807, 2.05) is 37.3 Å². The average Bonchev–Trinajstić information content (AvgIpc) is 3.17. The highest BCUT2D eigenvalue weighted by Crippen LogP contribution is 2.31. The molecule has 3 aromatic heterocycles. The largest absolute Gasteiger partial charge is 0.464 e. The molecule has 0 saturated carbocycles. The predicted molar refractivity (Wildman–Crippen MR) is 99.0 cm³/mol. The van der Waals surface area contributed by atoms with Gasteiger partial charge in [0.25, 0.3) is 0 Å². The van der Waals surface area contributed by atoms with Crippen molar-refractivity contribution in [2.24, 2.45) is 0 Å². The molecule has 1 unspecified atom stereocenters. The number of aryl methyl sites for hydroxylation is 2. The van der Waals surface area contributed by atoms with E-state index in [2.05, 4.69) is 21.8 Å². The molecule has 0 spiro atoms.